The molecular weight excluding hydrogens is 374 g/mol. The van der Waals surface area contributed by atoms with Crippen LogP contribution in [0.25, 0.3) is 0 Å². The second-order valence-electron chi connectivity index (χ2n) is 9.16. The summed E-state index contributed by atoms with van der Waals surface area (Å²) in [6.07, 6.45) is 11.4. The number of fused-ring (bicyclic) bond motifs is 1. The van der Waals surface area contributed by atoms with Crippen LogP contribution < -0.4 is 0 Å². The molecule has 2 aliphatic carbocycles. The Hall–Kier alpha value is -2.20. The van der Waals surface area contributed by atoms with E-state index >= 15 is 0 Å². The maximum absolute atomic E-state index is 12.4. The van der Waals surface area contributed by atoms with Gasteiger partial charge in [0.25, 0.3) is 0 Å². The Labute approximate surface area is 180 Å². The van der Waals surface area contributed by atoms with Crippen molar-refractivity contribution < 1.29 is 14.7 Å². The standard InChI is InChI=1S/C26H35NO3/c1-18-8-4-6-10-20(18)16-22(28)12-13-23-24-15-19(14-21(24)17-25(23)29)9-5-7-11-26(30)27(2)3/h4,6,8,10,12-14,21,23-25,29H,5,7,9,11,15-17H2,1-3H3/t21-,23?,24?,25+/m0/s1. The second-order valence-corrected chi connectivity index (χ2v) is 9.16. The third-order valence-corrected chi connectivity index (χ3v) is 6.72. The van der Waals surface area contributed by atoms with Gasteiger partial charge in [0, 0.05) is 32.9 Å². The zero-order valence-corrected chi connectivity index (χ0v) is 18.5. The number of carbonyl (C=O) groups is 2. The van der Waals surface area contributed by atoms with E-state index in [-0.39, 0.29) is 23.7 Å². The molecule has 1 amide bonds. The molecule has 0 radical (unpaired) electrons. The number of ketones is 1. The SMILES string of the molecule is Cc1ccccc1CC(=O)C=CC1C2CC(CCCCC(=O)N(C)C)=C[C@H]2C[C@H]1O. The highest BCUT2D eigenvalue weighted by Gasteiger charge is 2.43. The fourth-order valence-corrected chi connectivity index (χ4v) is 4.92. The summed E-state index contributed by atoms with van der Waals surface area (Å²) in [6.45, 7) is 2.03. The quantitative estimate of drug-likeness (QED) is 0.377. The molecule has 4 nitrogen and oxygen atoms in total. The molecule has 3 rings (SSSR count). The summed E-state index contributed by atoms with van der Waals surface area (Å²) in [7, 11) is 3.60. The Morgan fingerprint density at radius 2 is 1.97 bits per heavy atom. The summed E-state index contributed by atoms with van der Waals surface area (Å²) >= 11 is 0. The smallest absolute Gasteiger partial charge is 0.222 e. The molecule has 1 N–H and O–H groups in total. The third-order valence-electron chi connectivity index (χ3n) is 6.72. The van der Waals surface area contributed by atoms with Crippen molar-refractivity contribution in [2.24, 2.45) is 17.8 Å². The lowest BCUT2D eigenvalue weighted by molar-refractivity contribution is -0.128. The van der Waals surface area contributed by atoms with Gasteiger partial charge in [-0.25, -0.2) is 0 Å². The van der Waals surface area contributed by atoms with Crippen molar-refractivity contribution in [1.82, 2.24) is 4.90 Å². The van der Waals surface area contributed by atoms with Gasteiger partial charge in [0.2, 0.25) is 5.91 Å². The number of aliphatic hydroxyl groups is 1. The van der Waals surface area contributed by atoms with Crippen LogP contribution >= 0.6 is 0 Å². The third kappa shape index (κ3) is 5.69. The van der Waals surface area contributed by atoms with Crippen LogP contribution in [0.1, 0.15) is 49.7 Å². The van der Waals surface area contributed by atoms with Gasteiger partial charge in [0.1, 0.15) is 0 Å². The van der Waals surface area contributed by atoms with E-state index in [9.17, 15) is 14.7 Å². The zero-order chi connectivity index (χ0) is 21.7. The number of nitrogens with zero attached hydrogens (tertiary/aromatic N) is 1. The number of benzene rings is 1. The minimum absolute atomic E-state index is 0.0555. The highest BCUT2D eigenvalue weighted by Crippen LogP contribution is 2.48. The second kappa shape index (κ2) is 10.2. The number of hydrogen-bond donors (Lipinski definition) is 1. The minimum Gasteiger partial charge on any atom is -0.392 e. The lowest BCUT2D eigenvalue weighted by Crippen LogP contribution is -2.21. The summed E-state index contributed by atoms with van der Waals surface area (Å²) in [4.78, 5) is 25.8. The van der Waals surface area contributed by atoms with Gasteiger partial charge in [-0.1, -0.05) is 42.0 Å². The highest BCUT2D eigenvalue weighted by atomic mass is 16.3. The molecule has 1 saturated carbocycles. The Bertz CT molecular complexity index is 823. The van der Waals surface area contributed by atoms with Crippen molar-refractivity contribution in [2.45, 2.75) is 58.0 Å². The molecule has 4 atom stereocenters. The average molecular weight is 410 g/mol. The highest BCUT2D eigenvalue weighted by molar-refractivity contribution is 5.91. The molecule has 1 aromatic rings. The molecule has 2 unspecified atom stereocenters. The van der Waals surface area contributed by atoms with E-state index in [2.05, 4.69) is 6.08 Å². The summed E-state index contributed by atoms with van der Waals surface area (Å²) in [5.41, 5.74) is 3.66. The van der Waals surface area contributed by atoms with Gasteiger partial charge < -0.3 is 10.0 Å². The van der Waals surface area contributed by atoms with Crippen LogP contribution in [0.2, 0.25) is 0 Å². The minimum atomic E-state index is -0.363. The molecule has 0 spiro atoms. The summed E-state index contributed by atoms with van der Waals surface area (Å²) in [5, 5.41) is 10.5. The number of rotatable bonds is 9. The number of hydrogen-bond acceptors (Lipinski definition) is 3. The van der Waals surface area contributed by atoms with Gasteiger partial charge in [0.05, 0.1) is 6.10 Å². The molecule has 1 aromatic carbocycles. The summed E-state index contributed by atoms with van der Waals surface area (Å²) in [6, 6.07) is 7.98. The molecule has 0 saturated heterocycles. The molecule has 30 heavy (non-hydrogen) atoms. The first kappa shape index (κ1) is 22.5. The Morgan fingerprint density at radius 3 is 2.70 bits per heavy atom. The van der Waals surface area contributed by atoms with Crippen LogP contribution in [0.4, 0.5) is 0 Å². The summed E-state index contributed by atoms with van der Waals surface area (Å²) < 4.78 is 0. The Kier molecular flexibility index (Phi) is 7.65. The first-order chi connectivity index (χ1) is 14.3. The van der Waals surface area contributed by atoms with Crippen LogP contribution in [0.15, 0.2) is 48.1 Å². The fourth-order valence-electron chi connectivity index (χ4n) is 4.92. The number of aliphatic hydroxyl groups excluding tert-OH is 1. The van der Waals surface area contributed by atoms with Crippen molar-refractivity contribution in [3.63, 3.8) is 0 Å². The predicted molar refractivity (Wildman–Crippen MR) is 120 cm³/mol. The molecule has 1 fully saturated rings. The number of unbranched alkanes of at least 4 members (excludes halogenated alkanes) is 1. The van der Waals surface area contributed by atoms with Crippen LogP contribution in [0.5, 0.6) is 0 Å². The van der Waals surface area contributed by atoms with Crippen LogP contribution in [-0.2, 0) is 16.0 Å². The molecule has 4 heteroatoms. The van der Waals surface area contributed by atoms with E-state index in [4.69, 9.17) is 0 Å². The molecule has 162 valence electrons. The van der Waals surface area contributed by atoms with Crippen molar-refractivity contribution in [3.05, 3.63) is 59.2 Å². The number of allylic oxidation sites excluding steroid dienone is 3. The van der Waals surface area contributed by atoms with E-state index in [0.29, 0.717) is 24.7 Å². The number of carbonyl (C=O) groups excluding carboxylic acids is 2. The molecule has 0 aliphatic heterocycles. The van der Waals surface area contributed by atoms with E-state index in [1.165, 1.54) is 5.57 Å². The summed E-state index contributed by atoms with van der Waals surface area (Å²) in [5.74, 6) is 1.16. The van der Waals surface area contributed by atoms with Gasteiger partial charge >= 0.3 is 0 Å². The maximum atomic E-state index is 12.4. The maximum Gasteiger partial charge on any atom is 0.222 e. The van der Waals surface area contributed by atoms with E-state index < -0.39 is 0 Å². The number of amides is 1. The monoisotopic (exact) mass is 409 g/mol. The topological polar surface area (TPSA) is 57.6 Å². The van der Waals surface area contributed by atoms with Gasteiger partial charge in [-0.2, -0.15) is 0 Å². The molecule has 2 aliphatic rings. The lowest BCUT2D eigenvalue weighted by atomic mass is 9.88. The average Bonchev–Trinajstić information content (AvgIpc) is 3.21. The molecule has 0 aromatic heterocycles. The van der Waals surface area contributed by atoms with Crippen molar-refractivity contribution in [3.8, 4) is 0 Å². The van der Waals surface area contributed by atoms with Crippen molar-refractivity contribution in [2.75, 3.05) is 14.1 Å². The first-order valence-corrected chi connectivity index (χ1v) is 11.2. The van der Waals surface area contributed by atoms with Crippen LogP contribution in [0, 0.1) is 24.7 Å². The normalized spacial score (nSPS) is 25.4. The van der Waals surface area contributed by atoms with Crippen molar-refractivity contribution in [1.29, 1.82) is 0 Å². The van der Waals surface area contributed by atoms with Gasteiger partial charge in [-0.15, -0.1) is 0 Å². The lowest BCUT2D eigenvalue weighted by Gasteiger charge is -2.18. The zero-order valence-electron chi connectivity index (χ0n) is 18.5. The van der Waals surface area contributed by atoms with Crippen LogP contribution in [-0.4, -0.2) is 41.9 Å². The fraction of sp³-hybridized carbons (Fsp3) is 0.538. The van der Waals surface area contributed by atoms with E-state index in [1.807, 2.05) is 37.3 Å². The molecule has 0 heterocycles. The van der Waals surface area contributed by atoms with Gasteiger partial charge in [-0.05, 0) is 68.1 Å². The van der Waals surface area contributed by atoms with Crippen LogP contribution in [0.3, 0.4) is 0 Å². The number of aryl methyl sites for hydroxylation is 1. The van der Waals surface area contributed by atoms with Crippen molar-refractivity contribution >= 4 is 11.7 Å². The predicted octanol–water partition coefficient (Wildman–Crippen LogP) is 4.25. The van der Waals surface area contributed by atoms with Gasteiger partial charge in [0.15, 0.2) is 5.78 Å². The van der Waals surface area contributed by atoms with E-state index in [1.54, 1.807) is 25.1 Å². The Morgan fingerprint density at radius 1 is 1.20 bits per heavy atom. The molecule has 0 bridgehead atoms. The molecular formula is C26H35NO3. The first-order valence-electron chi connectivity index (χ1n) is 11.2. The Balaban J connectivity index is 1.49. The largest absolute Gasteiger partial charge is 0.392 e. The van der Waals surface area contributed by atoms with Gasteiger partial charge in [-0.3, -0.25) is 9.59 Å². The van der Waals surface area contributed by atoms with E-state index in [0.717, 1.165) is 43.2 Å².